The molecular weight excluding hydrogens is 589 g/mol. The largest absolute Gasteiger partial charge is 0.309 e. The third-order valence-corrected chi connectivity index (χ3v) is 10.2. The van der Waals surface area contributed by atoms with Crippen molar-refractivity contribution in [1.29, 1.82) is 0 Å². The van der Waals surface area contributed by atoms with Crippen molar-refractivity contribution in [2.45, 2.75) is 49.1 Å². The van der Waals surface area contributed by atoms with E-state index in [1.165, 1.54) is 36.0 Å². The first kappa shape index (κ1) is 30.5. The van der Waals surface area contributed by atoms with Gasteiger partial charge in [-0.2, -0.15) is 0 Å². The molecule has 0 saturated heterocycles. The van der Waals surface area contributed by atoms with Gasteiger partial charge in [0.2, 0.25) is 10.3 Å². The Morgan fingerprint density at radius 1 is 0.868 bits per heavy atom. The maximum absolute atomic E-state index is 11.4. The van der Waals surface area contributed by atoms with Gasteiger partial charge in [-0.3, -0.25) is 0 Å². The number of sulfone groups is 1. The summed E-state index contributed by atoms with van der Waals surface area (Å²) in [5.74, 6) is 0. The molecule has 0 saturated carbocycles. The molecule has 0 fully saturated rings. The Morgan fingerprint density at radius 3 is 1.87 bits per heavy atom. The van der Waals surface area contributed by atoms with E-state index in [4.69, 9.17) is 0 Å². The number of thiazole rings is 2. The van der Waals surface area contributed by atoms with Crippen LogP contribution < -0.4 is 0 Å². The second-order valence-corrected chi connectivity index (χ2v) is 15.0. The summed E-state index contributed by atoms with van der Waals surface area (Å²) in [6.07, 6.45) is 6.28. The van der Waals surface area contributed by atoms with Crippen LogP contribution in [0.4, 0.5) is 0 Å². The third kappa shape index (κ3) is 10.3. The first-order valence-corrected chi connectivity index (χ1v) is 16.6. The lowest BCUT2D eigenvalue weighted by Crippen LogP contribution is -2.15. The van der Waals surface area contributed by atoms with Crippen molar-refractivity contribution in [3.05, 3.63) is 17.8 Å². The topological polar surface area (TPSA) is 154 Å². The van der Waals surface area contributed by atoms with E-state index in [2.05, 4.69) is 64.9 Å². The highest BCUT2D eigenvalue weighted by molar-refractivity contribution is 8.01. The highest BCUT2D eigenvalue weighted by Crippen LogP contribution is 2.31. The second-order valence-electron chi connectivity index (χ2n) is 8.40. The molecule has 208 valence electrons. The molecule has 19 heteroatoms. The van der Waals surface area contributed by atoms with Gasteiger partial charge in [0, 0.05) is 30.9 Å². The molecule has 14 nitrogen and oxygen atoms in total. The molecule has 0 unspecified atom stereocenters. The van der Waals surface area contributed by atoms with Gasteiger partial charge in [-0.1, -0.05) is 11.3 Å². The molecule has 0 aliphatic heterocycles. The number of hydrogen-bond donors (Lipinski definition) is 0. The zero-order valence-corrected chi connectivity index (χ0v) is 25.8. The summed E-state index contributed by atoms with van der Waals surface area (Å²) < 4.78 is 28.2. The fourth-order valence-corrected chi connectivity index (χ4v) is 7.16. The molecule has 0 atom stereocenters. The first-order valence-electron chi connectivity index (χ1n) is 11.3. The van der Waals surface area contributed by atoms with Crippen LogP contribution in [0.2, 0.25) is 0 Å². The Labute approximate surface area is 238 Å². The standard InChI is InChI=1S/C10H16N6O2S3.C9H14N6S2/c1-15(2)5-4-6-16-9(12-13-14-16)20-10-11-7-8(19-10)21(3,17)18;1-14(2)5-3-6-15-8(11-12-13-15)17-9-10-4-7-16-9/h7H,4-6H2,1-3H3;4,7H,3,5-6H2,1-2H3. The van der Waals surface area contributed by atoms with Crippen LogP contribution in [0.15, 0.2) is 41.0 Å². The van der Waals surface area contributed by atoms with E-state index in [0.717, 1.165) is 53.3 Å². The molecule has 38 heavy (non-hydrogen) atoms. The molecule has 0 aliphatic carbocycles. The summed E-state index contributed by atoms with van der Waals surface area (Å²) >= 11 is 5.50. The lowest BCUT2D eigenvalue weighted by atomic mass is 10.4. The van der Waals surface area contributed by atoms with E-state index in [1.807, 2.05) is 24.2 Å². The quantitative estimate of drug-likeness (QED) is 0.214. The van der Waals surface area contributed by atoms with Crippen LogP contribution in [-0.4, -0.2) is 116 Å². The summed E-state index contributed by atoms with van der Waals surface area (Å²) in [5, 5.41) is 26.6. The van der Waals surface area contributed by atoms with Gasteiger partial charge in [0.15, 0.2) is 18.5 Å². The van der Waals surface area contributed by atoms with Crippen molar-refractivity contribution >= 4 is 56.0 Å². The van der Waals surface area contributed by atoms with E-state index in [0.29, 0.717) is 16.0 Å². The summed E-state index contributed by atoms with van der Waals surface area (Å²) in [6.45, 7) is 3.51. The number of aromatic nitrogens is 10. The SMILES string of the molecule is CN(C)CCCn1nnnc1Sc1ncc(S(C)(=O)=O)s1.CN(C)CCCn1nnnc1Sc1nccs1. The van der Waals surface area contributed by atoms with Gasteiger partial charge in [0.05, 0.1) is 6.20 Å². The van der Waals surface area contributed by atoms with Crippen molar-refractivity contribution in [2.24, 2.45) is 0 Å². The van der Waals surface area contributed by atoms with Gasteiger partial charge < -0.3 is 9.80 Å². The Kier molecular flexibility index (Phi) is 12.0. The Balaban J connectivity index is 0.000000215. The van der Waals surface area contributed by atoms with Gasteiger partial charge in [-0.25, -0.2) is 27.7 Å². The zero-order valence-electron chi connectivity index (χ0n) is 21.7. The molecule has 4 rings (SSSR count). The third-order valence-electron chi connectivity index (χ3n) is 4.54. The van der Waals surface area contributed by atoms with Gasteiger partial charge in [-0.15, -0.1) is 21.5 Å². The van der Waals surface area contributed by atoms with Crippen LogP contribution in [0.25, 0.3) is 0 Å². The normalized spacial score (nSPS) is 11.8. The van der Waals surface area contributed by atoms with Crippen molar-refractivity contribution in [1.82, 2.24) is 60.2 Å². The minimum atomic E-state index is -3.22. The van der Waals surface area contributed by atoms with Crippen LogP contribution >= 0.6 is 46.2 Å². The summed E-state index contributed by atoms with van der Waals surface area (Å²) in [5.41, 5.74) is 0. The highest BCUT2D eigenvalue weighted by atomic mass is 32.2. The molecule has 4 aromatic rings. The lowest BCUT2D eigenvalue weighted by molar-refractivity contribution is 0.373. The monoisotopic (exact) mass is 618 g/mol. The summed E-state index contributed by atoms with van der Waals surface area (Å²) in [6, 6.07) is 0. The maximum Gasteiger partial charge on any atom is 0.216 e. The maximum atomic E-state index is 11.4. The van der Waals surface area contributed by atoms with Crippen molar-refractivity contribution < 1.29 is 8.42 Å². The minimum Gasteiger partial charge on any atom is -0.309 e. The number of nitrogens with zero attached hydrogens (tertiary/aromatic N) is 12. The van der Waals surface area contributed by atoms with Crippen LogP contribution in [0.5, 0.6) is 0 Å². The molecule has 0 amide bonds. The Morgan fingerprint density at radius 2 is 1.42 bits per heavy atom. The predicted octanol–water partition coefficient (Wildman–Crippen LogP) is 1.87. The molecule has 0 N–H and O–H groups in total. The molecule has 0 aliphatic rings. The Bertz CT molecular complexity index is 1330. The van der Waals surface area contributed by atoms with Gasteiger partial charge in [0.25, 0.3) is 0 Å². The van der Waals surface area contributed by atoms with Crippen LogP contribution in [0.3, 0.4) is 0 Å². The fourth-order valence-electron chi connectivity index (χ4n) is 2.77. The van der Waals surface area contributed by atoms with Crippen LogP contribution in [0.1, 0.15) is 12.8 Å². The molecule has 4 heterocycles. The number of rotatable bonds is 13. The number of hydrogen-bond acceptors (Lipinski definition) is 16. The molecule has 4 aromatic heterocycles. The van der Waals surface area contributed by atoms with Crippen molar-refractivity contribution in [3.8, 4) is 0 Å². The van der Waals surface area contributed by atoms with Gasteiger partial charge in [-0.05, 0) is 98.5 Å². The number of aryl methyl sites for hydroxylation is 2. The smallest absolute Gasteiger partial charge is 0.216 e. The zero-order chi connectivity index (χ0) is 27.5. The van der Waals surface area contributed by atoms with Crippen molar-refractivity contribution in [2.75, 3.05) is 47.5 Å². The molecule has 0 bridgehead atoms. The molecule has 0 radical (unpaired) electrons. The average Bonchev–Trinajstić information content (AvgIpc) is 3.64. The van der Waals surface area contributed by atoms with Gasteiger partial charge in [0.1, 0.15) is 4.21 Å². The van der Waals surface area contributed by atoms with E-state index >= 15 is 0 Å². The fraction of sp³-hybridized carbons (Fsp3) is 0.579. The average molecular weight is 619 g/mol. The first-order chi connectivity index (χ1) is 18.1. The van der Waals surface area contributed by atoms with Crippen LogP contribution in [0, 0.1) is 0 Å². The molecule has 0 spiro atoms. The Hall–Kier alpha value is -2.03. The van der Waals surface area contributed by atoms with Crippen molar-refractivity contribution in [3.63, 3.8) is 0 Å². The second kappa shape index (κ2) is 14.9. The van der Waals surface area contributed by atoms with E-state index in [1.54, 1.807) is 22.2 Å². The molecular formula is C19H30N12O2S5. The predicted molar refractivity (Wildman–Crippen MR) is 148 cm³/mol. The number of tetrazole rings is 2. The molecule has 0 aromatic carbocycles. The van der Waals surface area contributed by atoms with Crippen LogP contribution in [-0.2, 0) is 22.9 Å². The van der Waals surface area contributed by atoms with E-state index in [9.17, 15) is 8.42 Å². The summed E-state index contributed by atoms with van der Waals surface area (Å²) in [7, 11) is 4.93. The summed E-state index contributed by atoms with van der Waals surface area (Å²) in [4.78, 5) is 12.5. The van der Waals surface area contributed by atoms with E-state index in [-0.39, 0.29) is 4.21 Å². The lowest BCUT2D eigenvalue weighted by Gasteiger charge is -2.08. The van der Waals surface area contributed by atoms with Gasteiger partial charge >= 0.3 is 0 Å². The highest BCUT2D eigenvalue weighted by Gasteiger charge is 2.15. The minimum absolute atomic E-state index is 0.247. The van der Waals surface area contributed by atoms with E-state index < -0.39 is 9.84 Å².